The third-order valence-electron chi connectivity index (χ3n) is 2.97. The molecule has 0 bridgehead atoms. The van der Waals surface area contributed by atoms with Gasteiger partial charge in [0, 0.05) is 4.47 Å². The molecule has 0 amide bonds. The monoisotopic (exact) mass is 326 g/mol. The molecule has 1 unspecified atom stereocenters. The molecule has 2 rings (SSSR count). The van der Waals surface area contributed by atoms with Crippen molar-refractivity contribution in [2.45, 2.75) is 19.2 Å². The molecule has 0 N–H and O–H groups in total. The second-order valence-electron chi connectivity index (χ2n) is 4.35. The van der Waals surface area contributed by atoms with Gasteiger partial charge in [0.1, 0.15) is 5.82 Å². The molecule has 3 heteroatoms. The average Bonchev–Trinajstić information content (AvgIpc) is 2.35. The number of hydrogen-bond donors (Lipinski definition) is 0. The van der Waals surface area contributed by atoms with Gasteiger partial charge < -0.3 is 0 Å². The van der Waals surface area contributed by atoms with Crippen molar-refractivity contribution in [1.29, 1.82) is 0 Å². The van der Waals surface area contributed by atoms with Gasteiger partial charge in [-0.15, -0.1) is 11.6 Å². The number of halogens is 3. The van der Waals surface area contributed by atoms with Gasteiger partial charge in [0.25, 0.3) is 0 Å². The van der Waals surface area contributed by atoms with Crippen LogP contribution in [-0.2, 0) is 0 Å². The van der Waals surface area contributed by atoms with Crippen molar-refractivity contribution in [3.63, 3.8) is 0 Å². The summed E-state index contributed by atoms with van der Waals surface area (Å²) in [6.07, 6.45) is 0. The third kappa shape index (κ3) is 2.60. The molecule has 2 aromatic carbocycles. The molecule has 0 heterocycles. The molecule has 0 radical (unpaired) electrons. The first-order valence-corrected chi connectivity index (χ1v) is 6.89. The maximum atomic E-state index is 13.3. The molecule has 2 aromatic rings. The summed E-state index contributed by atoms with van der Waals surface area (Å²) in [5.41, 5.74) is 3.66. The van der Waals surface area contributed by atoms with Crippen molar-refractivity contribution in [2.75, 3.05) is 0 Å². The first-order chi connectivity index (χ1) is 8.50. The van der Waals surface area contributed by atoms with Crippen LogP contribution >= 0.6 is 27.5 Å². The average molecular weight is 328 g/mol. The predicted molar refractivity (Wildman–Crippen MR) is 77.7 cm³/mol. The van der Waals surface area contributed by atoms with E-state index in [-0.39, 0.29) is 11.2 Å². The fraction of sp³-hybridized carbons (Fsp3) is 0.200. The molecule has 0 nitrogen and oxygen atoms in total. The summed E-state index contributed by atoms with van der Waals surface area (Å²) in [5.74, 6) is -0.203. The molecular formula is C15H13BrClF. The van der Waals surface area contributed by atoms with Gasteiger partial charge in [0.2, 0.25) is 0 Å². The lowest BCUT2D eigenvalue weighted by molar-refractivity contribution is 0.617. The van der Waals surface area contributed by atoms with Gasteiger partial charge in [-0.1, -0.05) is 46.3 Å². The van der Waals surface area contributed by atoms with Crippen molar-refractivity contribution in [2.24, 2.45) is 0 Å². The van der Waals surface area contributed by atoms with E-state index < -0.39 is 0 Å². The van der Waals surface area contributed by atoms with Crippen LogP contribution in [0, 0.1) is 19.7 Å². The van der Waals surface area contributed by atoms with Crippen molar-refractivity contribution >= 4 is 27.5 Å². The van der Waals surface area contributed by atoms with Gasteiger partial charge in [-0.3, -0.25) is 0 Å². The van der Waals surface area contributed by atoms with Crippen LogP contribution in [0.5, 0.6) is 0 Å². The van der Waals surface area contributed by atoms with E-state index >= 15 is 0 Å². The minimum absolute atomic E-state index is 0.203. The molecule has 0 aliphatic carbocycles. The summed E-state index contributed by atoms with van der Waals surface area (Å²) in [4.78, 5) is 0. The van der Waals surface area contributed by atoms with Gasteiger partial charge in [-0.2, -0.15) is 0 Å². The predicted octanol–water partition coefficient (Wildman–Crippen LogP) is 5.53. The quantitative estimate of drug-likeness (QED) is 0.636. The first kappa shape index (κ1) is 13.6. The molecule has 0 aliphatic rings. The Morgan fingerprint density at radius 3 is 2.50 bits per heavy atom. The van der Waals surface area contributed by atoms with Crippen molar-refractivity contribution in [1.82, 2.24) is 0 Å². The standard InChI is InChI=1S/C15H13BrClF/c1-9-4-3-5-12(14(9)16)15(17)11-6-7-13(18)10(2)8-11/h3-8,15H,1-2H3. The number of hydrogen-bond acceptors (Lipinski definition) is 0. The van der Waals surface area contributed by atoms with Crippen LogP contribution < -0.4 is 0 Å². The fourth-order valence-corrected chi connectivity index (χ4v) is 2.81. The molecule has 0 aliphatic heterocycles. The molecular weight excluding hydrogens is 315 g/mol. The summed E-state index contributed by atoms with van der Waals surface area (Å²) < 4.78 is 14.3. The molecule has 1 atom stereocenters. The topological polar surface area (TPSA) is 0 Å². The number of rotatable bonds is 2. The summed E-state index contributed by atoms with van der Waals surface area (Å²) >= 11 is 10.0. The Morgan fingerprint density at radius 1 is 1.11 bits per heavy atom. The van der Waals surface area contributed by atoms with E-state index in [1.165, 1.54) is 6.07 Å². The Labute approximate surface area is 120 Å². The van der Waals surface area contributed by atoms with Gasteiger partial charge >= 0.3 is 0 Å². The van der Waals surface area contributed by atoms with Crippen molar-refractivity contribution in [3.05, 3.63) is 68.9 Å². The molecule has 0 fully saturated rings. The van der Waals surface area contributed by atoms with E-state index in [1.54, 1.807) is 19.1 Å². The van der Waals surface area contributed by atoms with E-state index in [0.717, 1.165) is 21.2 Å². The molecule has 94 valence electrons. The highest BCUT2D eigenvalue weighted by Crippen LogP contribution is 2.35. The molecule has 0 aromatic heterocycles. The lowest BCUT2D eigenvalue weighted by Crippen LogP contribution is -1.97. The van der Waals surface area contributed by atoms with E-state index in [0.29, 0.717) is 5.56 Å². The van der Waals surface area contributed by atoms with Crippen LogP contribution in [0.3, 0.4) is 0 Å². The smallest absolute Gasteiger partial charge is 0.126 e. The Hall–Kier alpha value is -0.860. The zero-order valence-corrected chi connectivity index (χ0v) is 12.5. The van der Waals surface area contributed by atoms with Crippen molar-refractivity contribution in [3.8, 4) is 0 Å². The van der Waals surface area contributed by atoms with Gasteiger partial charge in [-0.25, -0.2) is 4.39 Å². The van der Waals surface area contributed by atoms with Crippen molar-refractivity contribution < 1.29 is 4.39 Å². The van der Waals surface area contributed by atoms with E-state index in [9.17, 15) is 4.39 Å². The van der Waals surface area contributed by atoms with Crippen LogP contribution in [0.25, 0.3) is 0 Å². The number of alkyl halides is 1. The second-order valence-corrected chi connectivity index (χ2v) is 5.58. The lowest BCUT2D eigenvalue weighted by Gasteiger charge is -2.14. The van der Waals surface area contributed by atoms with Crippen LogP contribution in [0.2, 0.25) is 0 Å². The SMILES string of the molecule is Cc1cc(C(Cl)c2cccc(C)c2Br)ccc1F. The van der Waals surface area contributed by atoms with E-state index in [4.69, 9.17) is 11.6 Å². The fourth-order valence-electron chi connectivity index (χ4n) is 1.87. The van der Waals surface area contributed by atoms with Gasteiger partial charge in [0.05, 0.1) is 5.38 Å². The normalized spacial score (nSPS) is 12.5. The van der Waals surface area contributed by atoms with Gasteiger partial charge in [0.15, 0.2) is 0 Å². The molecule has 18 heavy (non-hydrogen) atoms. The van der Waals surface area contributed by atoms with Gasteiger partial charge in [-0.05, 0) is 42.2 Å². The maximum Gasteiger partial charge on any atom is 0.126 e. The summed E-state index contributed by atoms with van der Waals surface area (Å²) in [6.45, 7) is 3.76. The number of aryl methyl sites for hydroxylation is 2. The maximum absolute atomic E-state index is 13.3. The highest BCUT2D eigenvalue weighted by atomic mass is 79.9. The van der Waals surface area contributed by atoms with E-state index in [2.05, 4.69) is 15.9 Å². The van der Waals surface area contributed by atoms with Crippen LogP contribution in [0.15, 0.2) is 40.9 Å². The highest BCUT2D eigenvalue weighted by Gasteiger charge is 2.15. The summed E-state index contributed by atoms with van der Waals surface area (Å²) in [5, 5.41) is -0.279. The Kier molecular flexibility index (Phi) is 4.08. The molecule has 0 saturated carbocycles. The summed E-state index contributed by atoms with van der Waals surface area (Å²) in [6, 6.07) is 11.0. The molecule has 0 spiro atoms. The lowest BCUT2D eigenvalue weighted by atomic mass is 10.0. The van der Waals surface area contributed by atoms with Crippen LogP contribution in [0.4, 0.5) is 4.39 Å². The van der Waals surface area contributed by atoms with E-state index in [1.807, 2.05) is 25.1 Å². The van der Waals surface area contributed by atoms with Crippen LogP contribution in [0.1, 0.15) is 27.6 Å². The minimum atomic E-state index is -0.279. The Balaban J connectivity index is 2.44. The summed E-state index contributed by atoms with van der Waals surface area (Å²) in [7, 11) is 0. The largest absolute Gasteiger partial charge is 0.207 e. The Bertz CT molecular complexity index is 581. The second kappa shape index (κ2) is 5.41. The zero-order valence-electron chi connectivity index (χ0n) is 10.2. The highest BCUT2D eigenvalue weighted by molar-refractivity contribution is 9.10. The molecule has 0 saturated heterocycles. The Morgan fingerprint density at radius 2 is 1.83 bits per heavy atom. The minimum Gasteiger partial charge on any atom is -0.207 e. The third-order valence-corrected chi connectivity index (χ3v) is 4.54. The van der Waals surface area contributed by atoms with Crippen LogP contribution in [-0.4, -0.2) is 0 Å². The first-order valence-electron chi connectivity index (χ1n) is 5.66. The zero-order chi connectivity index (χ0) is 13.3. The number of benzene rings is 2.